The Hall–Kier alpha value is -2.09. The summed E-state index contributed by atoms with van der Waals surface area (Å²) in [6.45, 7) is 5.70. The molecular formula is C20H32N6O2. The third kappa shape index (κ3) is 4.32. The van der Waals surface area contributed by atoms with Crippen molar-refractivity contribution in [2.45, 2.75) is 51.2 Å². The van der Waals surface area contributed by atoms with Gasteiger partial charge in [0.25, 0.3) is 5.91 Å². The Morgan fingerprint density at radius 3 is 2.75 bits per heavy atom. The van der Waals surface area contributed by atoms with E-state index in [0.29, 0.717) is 6.61 Å². The molecule has 2 fully saturated rings. The summed E-state index contributed by atoms with van der Waals surface area (Å²) in [4.78, 5) is 25.9. The number of rotatable bonds is 4. The molecule has 8 heteroatoms. The molecule has 0 saturated carbocycles. The number of nitrogens with one attached hydrogen (secondary N) is 1. The minimum Gasteiger partial charge on any atom is -0.368 e. The molecule has 1 amide bonds. The number of aliphatic imine (C=N–C) groups is 1. The molecule has 2 saturated heterocycles. The first kappa shape index (κ1) is 19.2. The molecule has 1 aromatic rings. The third-order valence-corrected chi connectivity index (χ3v) is 5.93. The van der Waals surface area contributed by atoms with Gasteiger partial charge >= 0.3 is 0 Å². The van der Waals surface area contributed by atoms with Gasteiger partial charge < -0.3 is 24.4 Å². The Kier molecular flexibility index (Phi) is 6.14. The Balaban J connectivity index is 1.22. The van der Waals surface area contributed by atoms with Crippen LogP contribution in [0.4, 0.5) is 0 Å². The van der Waals surface area contributed by atoms with Crippen LogP contribution in [0.1, 0.15) is 37.2 Å². The summed E-state index contributed by atoms with van der Waals surface area (Å²) in [5.41, 5.74) is 1.16. The number of guanidine groups is 1. The molecular weight excluding hydrogens is 356 g/mol. The second-order valence-electron chi connectivity index (χ2n) is 7.84. The Bertz CT molecular complexity index is 678. The number of hydrogen-bond donors (Lipinski definition) is 1. The van der Waals surface area contributed by atoms with Crippen LogP contribution in [-0.2, 0) is 28.9 Å². The Morgan fingerprint density at radius 2 is 2.04 bits per heavy atom. The molecule has 1 unspecified atom stereocenters. The maximum absolute atomic E-state index is 12.5. The number of ether oxygens (including phenoxy) is 1. The van der Waals surface area contributed by atoms with Crippen LogP contribution in [0.15, 0.2) is 11.2 Å². The molecule has 1 aromatic heterocycles. The highest BCUT2D eigenvalue weighted by Crippen LogP contribution is 2.16. The zero-order chi connectivity index (χ0) is 19.3. The maximum Gasteiger partial charge on any atom is 0.251 e. The molecule has 0 bridgehead atoms. The van der Waals surface area contributed by atoms with E-state index in [4.69, 9.17) is 9.72 Å². The van der Waals surface area contributed by atoms with E-state index in [0.717, 1.165) is 76.6 Å². The van der Waals surface area contributed by atoms with E-state index >= 15 is 0 Å². The lowest BCUT2D eigenvalue weighted by molar-refractivity contribution is -0.142. The van der Waals surface area contributed by atoms with Crippen LogP contribution in [0, 0.1) is 0 Å². The maximum atomic E-state index is 12.5. The molecule has 0 aliphatic carbocycles. The number of aromatic nitrogens is 2. The summed E-state index contributed by atoms with van der Waals surface area (Å²) < 4.78 is 7.84. The van der Waals surface area contributed by atoms with E-state index in [1.54, 1.807) is 0 Å². The summed E-state index contributed by atoms with van der Waals surface area (Å²) in [5.74, 6) is 2.30. The van der Waals surface area contributed by atoms with E-state index in [-0.39, 0.29) is 12.0 Å². The van der Waals surface area contributed by atoms with E-state index in [1.165, 1.54) is 18.7 Å². The fraction of sp³-hybridized carbons (Fsp3) is 0.750. The van der Waals surface area contributed by atoms with Crippen molar-refractivity contribution in [3.8, 4) is 0 Å². The summed E-state index contributed by atoms with van der Waals surface area (Å²) in [6.07, 6.45) is 8.35. The second-order valence-corrected chi connectivity index (χ2v) is 7.84. The third-order valence-electron chi connectivity index (χ3n) is 5.93. The van der Waals surface area contributed by atoms with Gasteiger partial charge in [0.05, 0.1) is 5.69 Å². The van der Waals surface area contributed by atoms with Gasteiger partial charge in [-0.05, 0) is 25.7 Å². The molecule has 3 aliphatic rings. The zero-order valence-corrected chi connectivity index (χ0v) is 16.9. The van der Waals surface area contributed by atoms with E-state index in [1.807, 2.05) is 11.9 Å². The first-order valence-electron chi connectivity index (χ1n) is 10.7. The standard InChI is InChI=1S/C20H32N6O2/c1-21-20(22-8-7-16-15-26-9-3-2-6-18(26)23-16)25-12-10-24(11-13-25)19(27)17-5-4-14-28-17/h15,17H,2-14H2,1H3,(H,21,22). The summed E-state index contributed by atoms with van der Waals surface area (Å²) in [6, 6.07) is 0. The van der Waals surface area contributed by atoms with Gasteiger partial charge in [0.2, 0.25) is 0 Å². The highest BCUT2D eigenvalue weighted by Gasteiger charge is 2.30. The van der Waals surface area contributed by atoms with Gasteiger partial charge in [-0.1, -0.05) is 0 Å². The van der Waals surface area contributed by atoms with Gasteiger partial charge in [-0.15, -0.1) is 0 Å². The van der Waals surface area contributed by atoms with Crippen molar-refractivity contribution in [2.24, 2.45) is 4.99 Å². The quantitative estimate of drug-likeness (QED) is 0.606. The van der Waals surface area contributed by atoms with Gasteiger partial charge in [0, 0.05) is 72.0 Å². The van der Waals surface area contributed by atoms with Gasteiger partial charge in [0.1, 0.15) is 11.9 Å². The van der Waals surface area contributed by atoms with Crippen LogP contribution in [-0.4, -0.2) is 83.7 Å². The number of aryl methyl sites for hydroxylation is 2. The summed E-state index contributed by atoms with van der Waals surface area (Å²) >= 11 is 0. The molecule has 8 nitrogen and oxygen atoms in total. The minimum absolute atomic E-state index is 0.156. The molecule has 1 atom stereocenters. The van der Waals surface area contributed by atoms with Crippen molar-refractivity contribution in [3.63, 3.8) is 0 Å². The van der Waals surface area contributed by atoms with E-state index in [2.05, 4.69) is 26.0 Å². The average molecular weight is 389 g/mol. The summed E-state index contributed by atoms with van der Waals surface area (Å²) in [5, 5.41) is 3.47. The van der Waals surface area contributed by atoms with E-state index in [9.17, 15) is 4.79 Å². The van der Waals surface area contributed by atoms with Crippen LogP contribution in [0.25, 0.3) is 0 Å². The average Bonchev–Trinajstić information content (AvgIpc) is 3.40. The fourth-order valence-electron chi connectivity index (χ4n) is 4.34. The van der Waals surface area contributed by atoms with Crippen molar-refractivity contribution in [3.05, 3.63) is 17.7 Å². The van der Waals surface area contributed by atoms with Crippen molar-refractivity contribution < 1.29 is 9.53 Å². The largest absolute Gasteiger partial charge is 0.368 e. The number of fused-ring (bicyclic) bond motifs is 1. The van der Waals surface area contributed by atoms with E-state index < -0.39 is 0 Å². The molecule has 0 radical (unpaired) electrons. The molecule has 28 heavy (non-hydrogen) atoms. The number of nitrogens with zero attached hydrogens (tertiary/aromatic N) is 5. The van der Waals surface area contributed by atoms with Crippen molar-refractivity contribution >= 4 is 11.9 Å². The number of hydrogen-bond acceptors (Lipinski definition) is 4. The molecule has 0 aromatic carbocycles. The molecule has 154 valence electrons. The molecule has 1 N–H and O–H groups in total. The van der Waals surface area contributed by atoms with Crippen molar-refractivity contribution in [2.75, 3.05) is 46.4 Å². The molecule has 4 rings (SSSR count). The Morgan fingerprint density at radius 1 is 1.21 bits per heavy atom. The predicted octanol–water partition coefficient (Wildman–Crippen LogP) is 0.661. The highest BCUT2D eigenvalue weighted by atomic mass is 16.5. The first-order valence-corrected chi connectivity index (χ1v) is 10.7. The van der Waals surface area contributed by atoms with Crippen LogP contribution in [0.2, 0.25) is 0 Å². The Labute approximate surface area is 166 Å². The van der Waals surface area contributed by atoms with Crippen LogP contribution in [0.3, 0.4) is 0 Å². The van der Waals surface area contributed by atoms with Gasteiger partial charge in [-0.3, -0.25) is 9.79 Å². The number of amides is 1. The van der Waals surface area contributed by atoms with Crippen molar-refractivity contribution in [1.29, 1.82) is 0 Å². The number of imidazole rings is 1. The predicted molar refractivity (Wildman–Crippen MR) is 107 cm³/mol. The molecule has 3 aliphatic heterocycles. The first-order chi connectivity index (χ1) is 13.7. The smallest absolute Gasteiger partial charge is 0.251 e. The summed E-state index contributed by atoms with van der Waals surface area (Å²) in [7, 11) is 1.82. The molecule has 0 spiro atoms. The lowest BCUT2D eigenvalue weighted by atomic mass is 10.2. The lowest BCUT2D eigenvalue weighted by Crippen LogP contribution is -2.55. The highest BCUT2D eigenvalue weighted by molar-refractivity contribution is 5.82. The number of carbonyl (C=O) groups excluding carboxylic acids is 1. The second kappa shape index (κ2) is 8.94. The van der Waals surface area contributed by atoms with Gasteiger partial charge in [0.15, 0.2) is 5.96 Å². The SMILES string of the molecule is CN=C(NCCc1cn2c(n1)CCCC2)N1CCN(C(=O)C2CCCO2)CC1. The lowest BCUT2D eigenvalue weighted by Gasteiger charge is -2.37. The normalized spacial score (nSPS) is 23.0. The number of piperazine rings is 1. The minimum atomic E-state index is -0.218. The number of carbonyl (C=O) groups is 1. The van der Waals surface area contributed by atoms with Gasteiger partial charge in [-0.2, -0.15) is 0 Å². The monoisotopic (exact) mass is 388 g/mol. The fourth-order valence-corrected chi connectivity index (χ4v) is 4.34. The van der Waals surface area contributed by atoms with Crippen LogP contribution < -0.4 is 5.32 Å². The zero-order valence-electron chi connectivity index (χ0n) is 16.9. The van der Waals surface area contributed by atoms with Gasteiger partial charge in [-0.25, -0.2) is 4.98 Å². The molecule has 4 heterocycles. The van der Waals surface area contributed by atoms with Crippen LogP contribution >= 0.6 is 0 Å². The van der Waals surface area contributed by atoms with Crippen molar-refractivity contribution in [1.82, 2.24) is 24.7 Å². The van der Waals surface area contributed by atoms with Crippen LogP contribution in [0.5, 0.6) is 0 Å². The topological polar surface area (TPSA) is 75.0 Å².